The third kappa shape index (κ3) is 2.29. The Kier molecular flexibility index (Phi) is 3.39. The molecule has 2 aromatic rings. The van der Waals surface area contributed by atoms with Crippen LogP contribution in [0.2, 0.25) is 0 Å². The van der Waals surface area contributed by atoms with Gasteiger partial charge in [-0.2, -0.15) is 5.10 Å². The number of carboxylic acid groups (broad SMARTS) is 1. The van der Waals surface area contributed by atoms with Crippen LogP contribution in [0.4, 0.5) is 5.82 Å². The van der Waals surface area contributed by atoms with Crippen molar-refractivity contribution in [1.29, 1.82) is 0 Å². The summed E-state index contributed by atoms with van der Waals surface area (Å²) in [4.78, 5) is 18.0. The topological polar surface area (TPSA) is 70.7 Å². The van der Waals surface area contributed by atoms with Crippen LogP contribution in [0.25, 0.3) is 5.52 Å². The third-order valence-corrected chi connectivity index (χ3v) is 4.96. The van der Waals surface area contributed by atoms with Crippen molar-refractivity contribution < 1.29 is 9.90 Å². The predicted octanol–water partition coefficient (Wildman–Crippen LogP) is 2.57. The maximum atomic E-state index is 11.4. The lowest BCUT2D eigenvalue weighted by molar-refractivity contribution is -0.149. The normalized spacial score (nSPS) is 26.2. The first-order chi connectivity index (χ1) is 9.92. The van der Waals surface area contributed by atoms with Crippen LogP contribution in [0.3, 0.4) is 0 Å². The SMILES string of the molecule is C[C@H]1C[C@@](C)(C(=O)O)CCN1c1ncnn2c(Br)ccc12. The van der Waals surface area contributed by atoms with E-state index in [2.05, 4.69) is 37.8 Å². The van der Waals surface area contributed by atoms with Gasteiger partial charge in [0.15, 0.2) is 5.82 Å². The number of carboxylic acids is 1. The van der Waals surface area contributed by atoms with Crippen molar-refractivity contribution in [2.24, 2.45) is 5.41 Å². The van der Waals surface area contributed by atoms with Crippen molar-refractivity contribution in [3.63, 3.8) is 0 Å². The molecule has 0 aromatic carbocycles. The van der Waals surface area contributed by atoms with E-state index in [-0.39, 0.29) is 6.04 Å². The van der Waals surface area contributed by atoms with Crippen LogP contribution in [0, 0.1) is 5.41 Å². The number of rotatable bonds is 2. The molecule has 0 spiro atoms. The van der Waals surface area contributed by atoms with E-state index in [0.717, 1.165) is 15.9 Å². The minimum atomic E-state index is -0.715. The molecule has 1 aliphatic rings. The molecular weight excluding hydrogens is 336 g/mol. The molecule has 0 amide bonds. The Bertz CT molecular complexity index is 701. The lowest BCUT2D eigenvalue weighted by Gasteiger charge is -2.42. The smallest absolute Gasteiger partial charge is 0.309 e. The van der Waals surface area contributed by atoms with E-state index in [4.69, 9.17) is 0 Å². The quantitative estimate of drug-likeness (QED) is 0.899. The van der Waals surface area contributed by atoms with E-state index in [1.165, 1.54) is 6.33 Å². The number of nitrogens with zero attached hydrogens (tertiary/aromatic N) is 4. The van der Waals surface area contributed by atoms with Crippen LogP contribution < -0.4 is 4.90 Å². The number of hydrogen-bond donors (Lipinski definition) is 1. The van der Waals surface area contributed by atoms with Gasteiger partial charge in [0.2, 0.25) is 0 Å². The Morgan fingerprint density at radius 3 is 2.95 bits per heavy atom. The van der Waals surface area contributed by atoms with E-state index < -0.39 is 11.4 Å². The number of aliphatic carboxylic acids is 1. The van der Waals surface area contributed by atoms with E-state index in [9.17, 15) is 9.90 Å². The molecule has 0 aliphatic carbocycles. The van der Waals surface area contributed by atoms with Gasteiger partial charge < -0.3 is 10.0 Å². The highest BCUT2D eigenvalue weighted by Gasteiger charge is 2.41. The molecule has 2 atom stereocenters. The van der Waals surface area contributed by atoms with Gasteiger partial charge in [0, 0.05) is 12.6 Å². The zero-order chi connectivity index (χ0) is 15.2. The summed E-state index contributed by atoms with van der Waals surface area (Å²) in [6.07, 6.45) is 2.76. The molecule has 1 N–H and O–H groups in total. The van der Waals surface area contributed by atoms with Crippen molar-refractivity contribution >= 4 is 33.2 Å². The summed E-state index contributed by atoms with van der Waals surface area (Å²) >= 11 is 3.45. The third-order valence-electron chi connectivity index (χ3n) is 4.36. The van der Waals surface area contributed by atoms with Gasteiger partial charge in [0.1, 0.15) is 16.4 Å². The Balaban J connectivity index is 1.96. The first-order valence-corrected chi connectivity index (χ1v) is 7.70. The number of carbonyl (C=O) groups is 1. The maximum Gasteiger partial charge on any atom is 0.309 e. The number of piperidine rings is 1. The van der Waals surface area contributed by atoms with Crippen molar-refractivity contribution in [2.75, 3.05) is 11.4 Å². The second-order valence-electron chi connectivity index (χ2n) is 5.90. The van der Waals surface area contributed by atoms with Crippen LogP contribution >= 0.6 is 15.9 Å². The summed E-state index contributed by atoms with van der Waals surface area (Å²) in [6, 6.07) is 4.02. The van der Waals surface area contributed by atoms with Crippen LogP contribution in [0.1, 0.15) is 26.7 Å². The number of anilines is 1. The van der Waals surface area contributed by atoms with Crippen LogP contribution in [-0.4, -0.2) is 38.3 Å². The van der Waals surface area contributed by atoms with E-state index in [0.29, 0.717) is 19.4 Å². The molecule has 3 heterocycles. The minimum Gasteiger partial charge on any atom is -0.481 e. The first-order valence-electron chi connectivity index (χ1n) is 6.91. The van der Waals surface area contributed by atoms with E-state index >= 15 is 0 Å². The van der Waals surface area contributed by atoms with E-state index in [1.54, 1.807) is 4.52 Å². The highest BCUT2D eigenvalue weighted by atomic mass is 79.9. The predicted molar refractivity (Wildman–Crippen MR) is 82.5 cm³/mol. The van der Waals surface area contributed by atoms with Crippen LogP contribution in [-0.2, 0) is 4.79 Å². The molecule has 112 valence electrons. The zero-order valence-electron chi connectivity index (χ0n) is 12.0. The summed E-state index contributed by atoms with van der Waals surface area (Å²) < 4.78 is 2.67. The summed E-state index contributed by atoms with van der Waals surface area (Å²) in [5.41, 5.74) is 0.275. The molecule has 0 bridgehead atoms. The lowest BCUT2D eigenvalue weighted by atomic mass is 9.77. The second-order valence-corrected chi connectivity index (χ2v) is 6.71. The molecule has 21 heavy (non-hydrogen) atoms. The van der Waals surface area contributed by atoms with Gasteiger partial charge in [-0.1, -0.05) is 0 Å². The number of hydrogen-bond acceptors (Lipinski definition) is 4. The fraction of sp³-hybridized carbons (Fsp3) is 0.500. The molecule has 3 rings (SSSR count). The zero-order valence-corrected chi connectivity index (χ0v) is 13.5. The molecule has 6 nitrogen and oxygen atoms in total. The molecule has 0 saturated carbocycles. The highest BCUT2D eigenvalue weighted by Crippen LogP contribution is 2.37. The molecule has 7 heteroatoms. The van der Waals surface area contributed by atoms with Crippen LogP contribution in [0.15, 0.2) is 23.1 Å². The number of fused-ring (bicyclic) bond motifs is 1. The molecular formula is C14H17BrN4O2. The molecule has 2 aromatic heterocycles. The minimum absolute atomic E-state index is 0.118. The average Bonchev–Trinajstić information content (AvgIpc) is 2.81. The Hall–Kier alpha value is -1.63. The lowest BCUT2D eigenvalue weighted by Crippen LogP contribution is -2.48. The largest absolute Gasteiger partial charge is 0.481 e. The molecule has 0 radical (unpaired) electrons. The number of halogens is 1. The summed E-state index contributed by atoms with van der Waals surface area (Å²) in [5, 5.41) is 13.6. The van der Waals surface area contributed by atoms with Gasteiger partial charge >= 0.3 is 5.97 Å². The fourth-order valence-corrected chi connectivity index (χ4v) is 3.49. The Morgan fingerprint density at radius 2 is 2.29 bits per heavy atom. The standard InChI is InChI=1S/C14H17BrN4O2/c1-9-7-14(2,13(20)21)5-6-18(9)12-10-3-4-11(15)19(10)17-8-16-12/h3-4,8-9H,5-7H2,1-2H3,(H,20,21)/t9-,14-/m0/s1. The van der Waals surface area contributed by atoms with Gasteiger partial charge in [-0.3, -0.25) is 4.79 Å². The molecule has 1 fully saturated rings. The average molecular weight is 353 g/mol. The summed E-state index contributed by atoms with van der Waals surface area (Å²) in [6.45, 7) is 4.56. The van der Waals surface area contributed by atoms with Gasteiger partial charge in [0.25, 0.3) is 0 Å². The van der Waals surface area contributed by atoms with Gasteiger partial charge in [0.05, 0.1) is 5.41 Å². The van der Waals surface area contributed by atoms with Crippen molar-refractivity contribution in [2.45, 2.75) is 32.7 Å². The van der Waals surface area contributed by atoms with Crippen LogP contribution in [0.5, 0.6) is 0 Å². The molecule has 1 saturated heterocycles. The van der Waals surface area contributed by atoms with Gasteiger partial charge in [-0.25, -0.2) is 9.50 Å². The van der Waals surface area contributed by atoms with Crippen molar-refractivity contribution in [1.82, 2.24) is 14.6 Å². The maximum absolute atomic E-state index is 11.4. The Morgan fingerprint density at radius 1 is 1.52 bits per heavy atom. The molecule has 1 aliphatic heterocycles. The Labute approximate surface area is 130 Å². The fourth-order valence-electron chi connectivity index (χ4n) is 3.07. The number of aromatic nitrogens is 3. The second kappa shape index (κ2) is 4.98. The monoisotopic (exact) mass is 352 g/mol. The van der Waals surface area contributed by atoms with Crippen molar-refractivity contribution in [3.8, 4) is 0 Å². The highest BCUT2D eigenvalue weighted by molar-refractivity contribution is 9.10. The summed E-state index contributed by atoms with van der Waals surface area (Å²) in [7, 11) is 0. The van der Waals surface area contributed by atoms with Gasteiger partial charge in [-0.05, 0) is 54.8 Å². The summed E-state index contributed by atoms with van der Waals surface area (Å²) in [5.74, 6) is 0.142. The van der Waals surface area contributed by atoms with Gasteiger partial charge in [-0.15, -0.1) is 0 Å². The van der Waals surface area contributed by atoms with Crippen molar-refractivity contribution in [3.05, 3.63) is 23.1 Å². The first kappa shape index (κ1) is 14.3. The van der Waals surface area contributed by atoms with E-state index in [1.807, 2.05) is 19.1 Å². The molecule has 0 unspecified atom stereocenters.